The van der Waals surface area contributed by atoms with E-state index in [1.807, 2.05) is 0 Å². The molecule has 0 aromatic rings. The molecular formula is C73H121N5O54. The molecule has 132 heavy (non-hydrogen) atoms. The second-order valence-corrected chi connectivity index (χ2v) is 33.2. The van der Waals surface area contributed by atoms with E-state index in [2.05, 4.69) is 26.6 Å². The van der Waals surface area contributed by atoms with E-state index in [4.69, 9.17) is 90.0 Å². The van der Waals surface area contributed by atoms with Crippen molar-refractivity contribution in [2.45, 2.75) is 353 Å². The van der Waals surface area contributed by atoms with Gasteiger partial charge in [-0.05, 0) is 0 Å². The highest BCUT2D eigenvalue weighted by molar-refractivity contribution is 5.77. The van der Waals surface area contributed by atoms with Gasteiger partial charge in [0.25, 0.3) is 5.79 Å². The normalized spacial score (nSPS) is 47.2. The van der Waals surface area contributed by atoms with Crippen LogP contribution < -0.4 is 26.6 Å². The van der Waals surface area contributed by atoms with Crippen LogP contribution in [0.1, 0.15) is 41.0 Å². The van der Waals surface area contributed by atoms with E-state index in [-0.39, 0.29) is 0 Å². The first-order valence-electron chi connectivity index (χ1n) is 41.8. The summed E-state index contributed by atoms with van der Waals surface area (Å²) >= 11 is 0. The predicted molar refractivity (Wildman–Crippen MR) is 405 cm³/mol. The molecule has 59 nitrogen and oxygen atoms in total. The minimum atomic E-state index is -3.11. The SMILES string of the molecule is CC(=O)N[C@H]1[C@H]([C@H](O)[C@H](O)CO)OC(OC[C@H]2OC(O[C@H]3[C@H](O)[C@@H](NC(C)=O)C(O[C@@H]4C(O[C@H]5[C@H](O)[C@@H](COC6O[C@H](CO)[C@@H](O)[C@H](O)[C@@H]6OC6O[C@H](CO)[C@@H](OC7O[C@H](CO)[C@H](O)[C@H](O)[C@H]7O)[C@H](O)[C@H]6NC(C)=O)OC(O[C@H]6[C@H](O)[C@@H](NC(C)=O)C(O[C@H]7[C@H](O)[C@@H](NC(C)=O)C(O)O[C@@H]7CO)O[C@@H]6CO)[C@H]5O)O[C@H](CO)[C@@H](O)[C@@H]4O)O[C@@H]3CO)[C@H](O)[C@@H](O)[C@H]2O)(C(=O)O)C[C@@H]1O. The number of nitrogens with one attached hydrogen (secondary N) is 5. The lowest BCUT2D eigenvalue weighted by Gasteiger charge is -2.51. The van der Waals surface area contributed by atoms with Crippen LogP contribution >= 0.6 is 0 Å². The van der Waals surface area contributed by atoms with Crippen molar-refractivity contribution in [3.8, 4) is 0 Å². The van der Waals surface area contributed by atoms with Gasteiger partial charge in [-0.3, -0.25) is 24.0 Å². The molecule has 10 unspecified atom stereocenters. The number of aliphatic hydroxyl groups is 28. The van der Waals surface area contributed by atoms with Gasteiger partial charge in [-0.25, -0.2) is 4.79 Å². The Morgan fingerprint density at radius 2 is 0.614 bits per heavy atom. The Bertz CT molecular complexity index is 3680. The molecule has 762 valence electrons. The zero-order valence-electron chi connectivity index (χ0n) is 70.8. The average Bonchev–Trinajstić information content (AvgIpc) is 0.766. The summed E-state index contributed by atoms with van der Waals surface area (Å²) < 4.78 is 113. The summed E-state index contributed by atoms with van der Waals surface area (Å²) in [4.78, 5) is 76.7. The lowest BCUT2D eigenvalue weighted by molar-refractivity contribution is -0.399. The average molecular weight is 1930 g/mol. The Kier molecular flexibility index (Phi) is 39.0. The molecule has 0 aromatic carbocycles. The number of aliphatic hydroxyl groups excluding tert-OH is 28. The number of ether oxygens (including phenoxy) is 19. The first-order valence-corrected chi connectivity index (χ1v) is 41.8. The van der Waals surface area contributed by atoms with Crippen molar-refractivity contribution in [2.75, 3.05) is 66.1 Å². The number of amides is 5. The van der Waals surface area contributed by atoms with Crippen LogP contribution in [0.2, 0.25) is 0 Å². The van der Waals surface area contributed by atoms with Gasteiger partial charge < -0.3 is 265 Å². The van der Waals surface area contributed by atoms with Crippen molar-refractivity contribution in [1.82, 2.24) is 26.6 Å². The first kappa shape index (κ1) is 109. The predicted octanol–water partition coefficient (Wildman–Crippen LogP) is -22.9. The molecule has 10 fully saturated rings. The molecule has 5 amide bonds. The fraction of sp³-hybridized carbons (Fsp3) is 0.918. The van der Waals surface area contributed by atoms with Crippen LogP contribution in [0, 0.1) is 0 Å². The minimum absolute atomic E-state index is 0.815. The van der Waals surface area contributed by atoms with Crippen molar-refractivity contribution in [3.05, 3.63) is 0 Å². The molecular weight excluding hydrogens is 1810 g/mol. The monoisotopic (exact) mass is 1930 g/mol. The van der Waals surface area contributed by atoms with E-state index in [0.717, 1.165) is 34.6 Å². The summed E-state index contributed by atoms with van der Waals surface area (Å²) in [6.45, 7) is -7.13. The Labute approximate surface area is 746 Å². The van der Waals surface area contributed by atoms with Gasteiger partial charge in [0.2, 0.25) is 29.5 Å². The molecule has 10 aliphatic heterocycles. The van der Waals surface area contributed by atoms with E-state index in [9.17, 15) is 177 Å². The van der Waals surface area contributed by atoms with Crippen LogP contribution in [-0.4, -0.2) is 562 Å². The van der Waals surface area contributed by atoms with E-state index in [1.54, 1.807) is 0 Å². The number of hydrogen-bond acceptors (Lipinski definition) is 53. The third-order valence-corrected chi connectivity index (χ3v) is 23.8. The number of rotatable bonds is 36. The zero-order valence-corrected chi connectivity index (χ0v) is 70.8. The maximum absolute atomic E-state index is 13.2. The highest BCUT2D eigenvalue weighted by Crippen LogP contribution is 2.42. The van der Waals surface area contributed by atoms with E-state index < -0.39 is 420 Å². The summed E-state index contributed by atoms with van der Waals surface area (Å²) in [7, 11) is 0. The van der Waals surface area contributed by atoms with E-state index in [0.29, 0.717) is 0 Å². The summed E-state index contributed by atoms with van der Waals surface area (Å²) in [5, 5.41) is 336. The Hall–Kier alpha value is -5.06. The van der Waals surface area contributed by atoms with Gasteiger partial charge in [-0.15, -0.1) is 0 Å². The molecule has 0 bridgehead atoms. The number of hydrogen-bond donors (Lipinski definition) is 34. The van der Waals surface area contributed by atoms with Gasteiger partial charge in [0.1, 0.15) is 238 Å². The highest BCUT2D eigenvalue weighted by Gasteiger charge is 2.63. The second kappa shape index (κ2) is 47.3. The van der Waals surface area contributed by atoms with Gasteiger partial charge in [0, 0.05) is 41.0 Å². The van der Waals surface area contributed by atoms with Crippen LogP contribution in [0.25, 0.3) is 0 Å². The lowest BCUT2D eigenvalue weighted by atomic mass is 9.88. The van der Waals surface area contributed by atoms with Crippen molar-refractivity contribution >= 4 is 35.5 Å². The number of carbonyl (C=O) groups is 6. The zero-order chi connectivity index (χ0) is 97.6. The molecule has 34 N–H and O–H groups in total. The maximum atomic E-state index is 13.2. The molecule has 10 rings (SSSR count). The molecule has 10 heterocycles. The number of carboxylic acids is 1. The summed E-state index contributed by atoms with van der Waals surface area (Å²) in [6, 6.07) is -9.43. The van der Waals surface area contributed by atoms with Crippen molar-refractivity contribution in [3.63, 3.8) is 0 Å². The molecule has 0 radical (unpaired) electrons. The third-order valence-electron chi connectivity index (χ3n) is 23.8. The summed E-state index contributed by atoms with van der Waals surface area (Å²) in [6.07, 6.45) is -99.3. The molecule has 59 heteroatoms. The van der Waals surface area contributed by atoms with Crippen LogP contribution in [0.5, 0.6) is 0 Å². The smallest absolute Gasteiger partial charge is 0.364 e. The first-order chi connectivity index (χ1) is 62.3. The van der Waals surface area contributed by atoms with Crippen LogP contribution in [0.4, 0.5) is 0 Å². The van der Waals surface area contributed by atoms with Crippen LogP contribution in [0.15, 0.2) is 0 Å². The summed E-state index contributed by atoms with van der Waals surface area (Å²) in [5.74, 6) is -9.84. The van der Waals surface area contributed by atoms with Gasteiger partial charge in [-0.1, -0.05) is 0 Å². The van der Waals surface area contributed by atoms with Gasteiger partial charge in [-0.2, -0.15) is 0 Å². The molecule has 51 atom stereocenters. The highest BCUT2D eigenvalue weighted by atomic mass is 16.8. The maximum Gasteiger partial charge on any atom is 0.364 e. The Morgan fingerprint density at radius 1 is 0.311 bits per heavy atom. The molecule has 0 saturated carbocycles. The second-order valence-electron chi connectivity index (χ2n) is 33.2. The van der Waals surface area contributed by atoms with Crippen molar-refractivity contribution < 1.29 is 267 Å². The van der Waals surface area contributed by atoms with Crippen molar-refractivity contribution in [1.29, 1.82) is 0 Å². The largest absolute Gasteiger partial charge is 0.477 e. The Balaban J connectivity index is 0.960. The molecule has 10 aliphatic rings. The molecule has 0 spiro atoms. The van der Waals surface area contributed by atoms with Crippen molar-refractivity contribution in [2.24, 2.45) is 0 Å². The lowest BCUT2D eigenvalue weighted by Crippen LogP contribution is -2.71. The van der Waals surface area contributed by atoms with Gasteiger partial charge >= 0.3 is 5.97 Å². The number of aliphatic carboxylic acids is 1. The fourth-order valence-electron chi connectivity index (χ4n) is 16.9. The van der Waals surface area contributed by atoms with E-state index >= 15 is 0 Å². The standard InChI is InChI=1S/C73H121N5O54/c1-17(87)74-33-22(92)6-73(72(112)113,132-59(33)38(94)23(93)7-79)115-16-32-42(98)49(105)53(109)68(124-32)127-57-29(13-85)122-66(37(47(57)103)78-21(5)91)131-62-51(107)41(97)26(10-82)119-71(62)129-60-43(99)31(123-69(54(60)110)128-58-30(14-86)120-64(35(45(58)101)76-19(3)89)125-55-27(11-83)116-63(111)34(44(55)100)75-18(2)88)15-114-70-61(50(106)40(96)25(9-81)118-70)130-65-36(77-20(4)90)46(102)56(28(12-84)121-65)126-67-52(108)48(104)39(95)24(8-80)117-67/h22-71,79-86,92-111H,6-16H2,1-5H3,(H,74,87)(H,75,88)(H,76,89)(H,77,90)(H,78,91)(H,112,113)/t22-,23+,24+,25+,26+,27+,28+,29+,30+,31+,32+,33+,34+,35+,36+,37+,38+,39-,40+,41+,42-,43+,44+,45+,46+,47+,48-,49-,50-,51-,52+,53+,54-,55+,56+,57+,58+,59+,60-,61-,62-,63?,64?,65?,66?,67?,68?,69?,70?,71?,73?/m0/s1. The summed E-state index contributed by atoms with van der Waals surface area (Å²) in [5.41, 5.74) is 0. The minimum Gasteiger partial charge on any atom is -0.477 e. The fourth-order valence-corrected chi connectivity index (χ4v) is 16.9. The van der Waals surface area contributed by atoms with Crippen LogP contribution in [-0.2, 0) is 119 Å². The van der Waals surface area contributed by atoms with Gasteiger partial charge in [0.05, 0.1) is 78.2 Å². The Morgan fingerprint density at radius 3 is 1.01 bits per heavy atom. The number of carbonyl (C=O) groups excluding carboxylic acids is 5. The molecule has 0 aromatic heterocycles. The van der Waals surface area contributed by atoms with Gasteiger partial charge in [0.15, 0.2) is 56.6 Å². The molecule has 10 saturated heterocycles. The topological polar surface area (TPSA) is 925 Å². The van der Waals surface area contributed by atoms with E-state index in [1.165, 1.54) is 0 Å². The van der Waals surface area contributed by atoms with Crippen LogP contribution in [0.3, 0.4) is 0 Å². The molecule has 0 aliphatic carbocycles. The number of carboxylic acid groups (broad SMARTS) is 1. The third kappa shape index (κ3) is 24.1. The quantitative estimate of drug-likeness (QED) is 0.0277.